The number of carbonyl (C=O) groups excluding carboxylic acids is 1. The fraction of sp³-hybridized carbons (Fsp3) is 0.917. The van der Waals surface area contributed by atoms with Crippen molar-refractivity contribution in [2.24, 2.45) is 11.8 Å². The maximum absolute atomic E-state index is 11.9. The number of fused-ring (bicyclic) bond motifs is 1. The van der Waals surface area contributed by atoms with Gasteiger partial charge >= 0.3 is 0 Å². The highest BCUT2D eigenvalue weighted by Gasteiger charge is 2.51. The van der Waals surface area contributed by atoms with Crippen molar-refractivity contribution in [3.8, 4) is 0 Å². The number of nitrogens with zero attached hydrogens (tertiary/aromatic N) is 2. The topological polar surface area (TPSA) is 32.8 Å². The lowest BCUT2D eigenvalue weighted by Gasteiger charge is -2.21. The Hall–Kier alpha value is -0.610. The van der Waals surface area contributed by atoms with Gasteiger partial charge in [0.1, 0.15) is 6.10 Å². The van der Waals surface area contributed by atoms with Crippen LogP contribution in [0.5, 0.6) is 0 Å². The summed E-state index contributed by atoms with van der Waals surface area (Å²) in [5.41, 5.74) is 0. The fourth-order valence-electron chi connectivity index (χ4n) is 3.24. The van der Waals surface area contributed by atoms with Crippen LogP contribution in [0.4, 0.5) is 0 Å². The van der Waals surface area contributed by atoms with Crippen LogP contribution in [0, 0.1) is 11.8 Å². The second-order valence-electron chi connectivity index (χ2n) is 5.50. The predicted octanol–water partition coefficient (Wildman–Crippen LogP) is 0.184. The molecule has 16 heavy (non-hydrogen) atoms. The van der Waals surface area contributed by atoms with Crippen molar-refractivity contribution < 1.29 is 9.53 Å². The molecule has 3 rings (SSSR count). The first-order chi connectivity index (χ1) is 7.70. The summed E-state index contributed by atoms with van der Waals surface area (Å²) in [4.78, 5) is 16.3. The van der Waals surface area contributed by atoms with Crippen LogP contribution in [0.2, 0.25) is 0 Å². The van der Waals surface area contributed by atoms with Gasteiger partial charge in [0.05, 0.1) is 6.04 Å². The molecule has 4 heteroatoms. The van der Waals surface area contributed by atoms with Crippen LogP contribution in [0.15, 0.2) is 0 Å². The molecule has 2 aliphatic heterocycles. The van der Waals surface area contributed by atoms with Crippen molar-refractivity contribution in [3.05, 3.63) is 0 Å². The van der Waals surface area contributed by atoms with Crippen LogP contribution in [-0.2, 0) is 9.53 Å². The summed E-state index contributed by atoms with van der Waals surface area (Å²) < 4.78 is 5.36. The molecule has 0 aromatic heterocycles. The van der Waals surface area contributed by atoms with Gasteiger partial charge in [-0.3, -0.25) is 4.79 Å². The van der Waals surface area contributed by atoms with Crippen molar-refractivity contribution in [1.29, 1.82) is 0 Å². The Morgan fingerprint density at radius 3 is 2.75 bits per heavy atom. The van der Waals surface area contributed by atoms with Crippen LogP contribution in [-0.4, -0.2) is 61.6 Å². The molecule has 0 spiro atoms. The summed E-state index contributed by atoms with van der Waals surface area (Å²) in [6, 6.07) is 0.385. The molecule has 4 nitrogen and oxygen atoms in total. The van der Waals surface area contributed by atoms with E-state index < -0.39 is 0 Å². The van der Waals surface area contributed by atoms with Crippen molar-refractivity contribution in [1.82, 2.24) is 9.80 Å². The minimum atomic E-state index is -0.195. The van der Waals surface area contributed by atoms with E-state index >= 15 is 0 Å². The summed E-state index contributed by atoms with van der Waals surface area (Å²) in [7, 11) is 3.57. The summed E-state index contributed by atoms with van der Waals surface area (Å²) >= 11 is 0. The van der Waals surface area contributed by atoms with E-state index in [1.54, 1.807) is 7.11 Å². The number of hydrogen-bond donors (Lipinski definition) is 0. The maximum Gasteiger partial charge on any atom is 0.252 e. The summed E-state index contributed by atoms with van der Waals surface area (Å²) in [6.07, 6.45) is 2.60. The molecule has 0 bridgehead atoms. The van der Waals surface area contributed by atoms with E-state index in [0.717, 1.165) is 19.0 Å². The average Bonchev–Trinajstić information content (AvgIpc) is 2.93. The van der Waals surface area contributed by atoms with Gasteiger partial charge in [-0.15, -0.1) is 0 Å². The number of likely N-dealkylation sites (N-methyl/N-ethyl adjacent to an activating group) is 1. The number of ether oxygens (including phenoxy) is 1. The zero-order valence-electron chi connectivity index (χ0n) is 10.1. The molecule has 1 aliphatic carbocycles. The molecule has 3 aliphatic rings. The number of amides is 1. The van der Waals surface area contributed by atoms with Gasteiger partial charge in [-0.2, -0.15) is 0 Å². The molecule has 3 fully saturated rings. The largest absolute Gasteiger partial charge is 0.371 e. The zero-order valence-corrected chi connectivity index (χ0v) is 10.1. The Morgan fingerprint density at radius 2 is 2.12 bits per heavy atom. The standard InChI is InChI=1S/C12H20N2O2/c1-13-10-7-14(5-8-3-4-8)6-9(10)11(16-2)12(13)15/h8-11H,3-7H2,1-2H3/t9-,10+,11-/m0/s1. The van der Waals surface area contributed by atoms with E-state index in [0.29, 0.717) is 12.0 Å². The van der Waals surface area contributed by atoms with Crippen LogP contribution in [0.1, 0.15) is 12.8 Å². The zero-order chi connectivity index (χ0) is 11.3. The van der Waals surface area contributed by atoms with Gasteiger partial charge < -0.3 is 14.5 Å². The Labute approximate surface area is 96.5 Å². The third kappa shape index (κ3) is 1.55. The van der Waals surface area contributed by atoms with Gasteiger partial charge in [0.2, 0.25) is 0 Å². The van der Waals surface area contributed by atoms with Gasteiger partial charge in [-0.25, -0.2) is 0 Å². The predicted molar refractivity (Wildman–Crippen MR) is 60.0 cm³/mol. The molecule has 3 atom stereocenters. The average molecular weight is 224 g/mol. The van der Waals surface area contributed by atoms with Gasteiger partial charge in [0.15, 0.2) is 0 Å². The molecule has 0 aromatic rings. The van der Waals surface area contributed by atoms with Crippen LogP contribution >= 0.6 is 0 Å². The molecule has 2 saturated heterocycles. The van der Waals surface area contributed by atoms with Crippen molar-refractivity contribution in [2.45, 2.75) is 25.0 Å². The van der Waals surface area contributed by atoms with E-state index in [-0.39, 0.29) is 12.0 Å². The van der Waals surface area contributed by atoms with Gasteiger partial charge in [0, 0.05) is 39.7 Å². The first-order valence-electron chi connectivity index (χ1n) is 6.22. The van der Waals surface area contributed by atoms with Crippen LogP contribution < -0.4 is 0 Å². The van der Waals surface area contributed by atoms with E-state index in [1.807, 2.05) is 11.9 Å². The van der Waals surface area contributed by atoms with Gasteiger partial charge in [-0.1, -0.05) is 0 Å². The number of hydrogen-bond acceptors (Lipinski definition) is 3. The molecule has 90 valence electrons. The van der Waals surface area contributed by atoms with Crippen molar-refractivity contribution >= 4 is 5.91 Å². The first kappa shape index (κ1) is 10.5. The molecule has 1 amide bonds. The highest BCUT2D eigenvalue weighted by molar-refractivity contribution is 5.84. The SMILES string of the molecule is CO[C@@H]1C(=O)N(C)[C@@H]2CN(CC3CC3)C[C@H]12. The minimum Gasteiger partial charge on any atom is -0.371 e. The molecule has 0 radical (unpaired) electrons. The second kappa shape index (κ2) is 3.70. The highest BCUT2D eigenvalue weighted by Crippen LogP contribution is 2.36. The monoisotopic (exact) mass is 224 g/mol. The fourth-order valence-corrected chi connectivity index (χ4v) is 3.24. The Morgan fingerprint density at radius 1 is 1.38 bits per heavy atom. The van der Waals surface area contributed by atoms with E-state index in [1.165, 1.54) is 19.4 Å². The molecule has 0 N–H and O–H groups in total. The lowest BCUT2D eigenvalue weighted by Crippen LogP contribution is -2.37. The minimum absolute atomic E-state index is 0.170. The van der Waals surface area contributed by atoms with Gasteiger partial charge in [0.25, 0.3) is 5.91 Å². The highest BCUT2D eigenvalue weighted by atomic mass is 16.5. The van der Waals surface area contributed by atoms with Crippen LogP contribution in [0.25, 0.3) is 0 Å². The second-order valence-corrected chi connectivity index (χ2v) is 5.50. The van der Waals surface area contributed by atoms with Crippen molar-refractivity contribution in [2.75, 3.05) is 33.8 Å². The van der Waals surface area contributed by atoms with Gasteiger partial charge in [-0.05, 0) is 18.8 Å². The smallest absolute Gasteiger partial charge is 0.252 e. The van der Waals surface area contributed by atoms with Crippen LogP contribution in [0.3, 0.4) is 0 Å². The van der Waals surface area contributed by atoms with E-state index in [4.69, 9.17) is 4.74 Å². The van der Waals surface area contributed by atoms with E-state index in [2.05, 4.69) is 4.90 Å². The maximum atomic E-state index is 11.9. The molecule has 0 aromatic carbocycles. The number of likely N-dealkylation sites (tertiary alicyclic amines) is 2. The Bertz CT molecular complexity index is 303. The summed E-state index contributed by atoms with van der Waals surface area (Å²) in [5, 5.41) is 0. The number of rotatable bonds is 3. The van der Waals surface area contributed by atoms with E-state index in [9.17, 15) is 4.79 Å². The molecule has 1 saturated carbocycles. The Kier molecular flexibility index (Phi) is 2.44. The molecule has 2 heterocycles. The number of carbonyl (C=O) groups is 1. The molecular weight excluding hydrogens is 204 g/mol. The molecule has 0 unspecified atom stereocenters. The third-order valence-electron chi connectivity index (χ3n) is 4.35. The summed E-state index contributed by atoms with van der Waals surface area (Å²) in [5.74, 6) is 1.49. The quantitative estimate of drug-likeness (QED) is 0.686. The first-order valence-corrected chi connectivity index (χ1v) is 6.22. The Balaban J connectivity index is 1.68. The lowest BCUT2D eigenvalue weighted by molar-refractivity contribution is -0.136. The normalized spacial score (nSPS) is 39.5. The lowest BCUT2D eigenvalue weighted by atomic mass is 10.0. The molecular formula is C12H20N2O2. The third-order valence-corrected chi connectivity index (χ3v) is 4.35. The van der Waals surface area contributed by atoms with Crippen molar-refractivity contribution in [3.63, 3.8) is 0 Å². The number of methoxy groups -OCH3 is 1. The summed E-state index contributed by atoms with van der Waals surface area (Å²) in [6.45, 7) is 3.31.